The first kappa shape index (κ1) is 28.0. The number of benzene rings is 2. The van der Waals surface area contributed by atoms with Gasteiger partial charge in [0.05, 0.1) is 27.5 Å². The van der Waals surface area contributed by atoms with Gasteiger partial charge < -0.3 is 9.64 Å². The molecule has 0 aliphatic carbocycles. The van der Waals surface area contributed by atoms with Crippen molar-refractivity contribution < 1.29 is 17.9 Å². The molecule has 0 N–H and O–H groups in total. The number of hydrogen-bond acceptors (Lipinski definition) is 7. The molecule has 3 aromatic rings. The highest BCUT2D eigenvalue weighted by Gasteiger charge is 2.23. The first-order valence-electron chi connectivity index (χ1n) is 11.0. The molecule has 0 aliphatic heterocycles. The normalized spacial score (nSPS) is 11.4. The molecule has 7 nitrogen and oxygen atoms in total. The molecule has 34 heavy (non-hydrogen) atoms. The molecule has 0 spiro atoms. The number of thiazole rings is 1. The van der Waals surface area contributed by atoms with Crippen LogP contribution in [0, 0.1) is 6.92 Å². The van der Waals surface area contributed by atoms with Gasteiger partial charge in [0.1, 0.15) is 5.75 Å². The number of fused-ring (bicyclic) bond motifs is 1. The minimum Gasteiger partial charge on any atom is -0.494 e. The Labute approximate surface area is 212 Å². The van der Waals surface area contributed by atoms with Crippen molar-refractivity contribution in [1.82, 2.24) is 9.88 Å². The second kappa shape index (κ2) is 12.5. The van der Waals surface area contributed by atoms with Crippen molar-refractivity contribution in [3.8, 4) is 5.75 Å². The summed E-state index contributed by atoms with van der Waals surface area (Å²) in [4.78, 5) is 21.8. The summed E-state index contributed by atoms with van der Waals surface area (Å²) in [6.45, 7) is 5.69. The molecule has 1 heterocycles. The Balaban J connectivity index is 0.00000408. The van der Waals surface area contributed by atoms with E-state index in [1.54, 1.807) is 29.2 Å². The van der Waals surface area contributed by atoms with E-state index < -0.39 is 9.84 Å². The SMILES string of the molecule is CCOc1ccc2nc(N(CCCN(C)C)C(=O)CCS(=O)(=O)c3ccc(C)cc3)sc2c1.Cl. The molecule has 0 unspecified atom stereocenters. The number of carbonyl (C=O) groups excluding carboxylic acids is 1. The first-order valence-corrected chi connectivity index (χ1v) is 13.4. The van der Waals surface area contributed by atoms with E-state index in [4.69, 9.17) is 4.74 Å². The number of aromatic nitrogens is 1. The van der Waals surface area contributed by atoms with Crippen LogP contribution in [0.4, 0.5) is 5.13 Å². The summed E-state index contributed by atoms with van der Waals surface area (Å²) < 4.78 is 32.0. The van der Waals surface area contributed by atoms with Crippen LogP contribution in [0.25, 0.3) is 10.2 Å². The van der Waals surface area contributed by atoms with Crippen molar-refractivity contribution in [1.29, 1.82) is 0 Å². The van der Waals surface area contributed by atoms with Gasteiger partial charge >= 0.3 is 0 Å². The number of rotatable bonds is 11. The lowest BCUT2D eigenvalue weighted by Gasteiger charge is -2.21. The maximum Gasteiger partial charge on any atom is 0.229 e. The van der Waals surface area contributed by atoms with Crippen molar-refractivity contribution in [2.45, 2.75) is 31.6 Å². The van der Waals surface area contributed by atoms with Gasteiger partial charge in [-0.25, -0.2) is 13.4 Å². The number of carbonyl (C=O) groups is 1. The number of sulfone groups is 1. The zero-order chi connectivity index (χ0) is 24.0. The lowest BCUT2D eigenvalue weighted by atomic mass is 10.2. The number of ether oxygens (including phenoxy) is 1. The summed E-state index contributed by atoms with van der Waals surface area (Å²) in [5.74, 6) is 0.279. The van der Waals surface area contributed by atoms with Gasteiger partial charge in [-0.1, -0.05) is 29.0 Å². The molecule has 0 bridgehead atoms. The third kappa shape index (κ3) is 7.40. The highest BCUT2D eigenvalue weighted by Crippen LogP contribution is 2.32. The summed E-state index contributed by atoms with van der Waals surface area (Å²) in [6, 6.07) is 12.4. The maximum atomic E-state index is 13.2. The standard InChI is InChI=1S/C24H31N3O4S2.ClH/c1-5-31-19-9-12-21-22(17-19)32-24(25-21)27(15-6-14-26(3)4)23(28)13-16-33(29,30)20-10-7-18(2)8-11-20;/h7-12,17H,5-6,13-16H2,1-4H3;1H. The van der Waals surface area contributed by atoms with Crippen LogP contribution < -0.4 is 9.64 Å². The van der Waals surface area contributed by atoms with Crippen LogP contribution in [0.5, 0.6) is 5.75 Å². The van der Waals surface area contributed by atoms with Crippen molar-refractivity contribution in [3.63, 3.8) is 0 Å². The van der Waals surface area contributed by atoms with E-state index in [2.05, 4.69) is 9.88 Å². The molecular weight excluding hydrogens is 494 g/mol. The van der Waals surface area contributed by atoms with Gasteiger partial charge in [-0.3, -0.25) is 9.69 Å². The lowest BCUT2D eigenvalue weighted by molar-refractivity contribution is -0.118. The first-order chi connectivity index (χ1) is 15.7. The van der Waals surface area contributed by atoms with E-state index in [1.165, 1.54) is 11.3 Å². The fourth-order valence-corrected chi connectivity index (χ4v) is 5.62. The van der Waals surface area contributed by atoms with Crippen molar-refractivity contribution in [3.05, 3.63) is 48.0 Å². The van der Waals surface area contributed by atoms with Gasteiger partial charge in [0.15, 0.2) is 15.0 Å². The lowest BCUT2D eigenvalue weighted by Crippen LogP contribution is -2.34. The van der Waals surface area contributed by atoms with Crippen molar-refractivity contribution >= 4 is 54.8 Å². The van der Waals surface area contributed by atoms with E-state index in [1.807, 2.05) is 46.1 Å². The predicted octanol–water partition coefficient (Wildman–Crippen LogP) is 4.57. The number of hydrogen-bond donors (Lipinski definition) is 0. The van der Waals surface area contributed by atoms with E-state index in [0.29, 0.717) is 18.3 Å². The van der Waals surface area contributed by atoms with Crippen LogP contribution in [0.2, 0.25) is 0 Å². The second-order valence-corrected chi connectivity index (χ2v) is 11.3. The molecular formula is C24H32ClN3O4S2. The molecule has 0 fully saturated rings. The Kier molecular flexibility index (Phi) is 10.3. The molecule has 2 aromatic carbocycles. The molecule has 0 radical (unpaired) electrons. The van der Waals surface area contributed by atoms with E-state index in [0.717, 1.165) is 34.5 Å². The Morgan fingerprint density at radius 2 is 1.79 bits per heavy atom. The molecule has 186 valence electrons. The van der Waals surface area contributed by atoms with Crippen LogP contribution in [-0.4, -0.2) is 63.8 Å². The maximum absolute atomic E-state index is 13.2. The van der Waals surface area contributed by atoms with E-state index in [-0.39, 0.29) is 35.4 Å². The van der Waals surface area contributed by atoms with E-state index in [9.17, 15) is 13.2 Å². The zero-order valence-corrected chi connectivity index (χ0v) is 22.4. The van der Waals surface area contributed by atoms with Crippen molar-refractivity contribution in [2.75, 3.05) is 44.4 Å². The predicted molar refractivity (Wildman–Crippen MR) is 141 cm³/mol. The second-order valence-electron chi connectivity index (χ2n) is 8.14. The monoisotopic (exact) mass is 525 g/mol. The molecule has 0 saturated carbocycles. The molecule has 0 atom stereocenters. The minimum atomic E-state index is -3.55. The number of amides is 1. The summed E-state index contributed by atoms with van der Waals surface area (Å²) >= 11 is 1.41. The van der Waals surface area contributed by atoms with Crippen LogP contribution in [0.1, 0.15) is 25.3 Å². The molecule has 1 amide bonds. The fourth-order valence-electron chi connectivity index (χ4n) is 3.36. The van der Waals surface area contributed by atoms with Crippen LogP contribution in [0.15, 0.2) is 47.4 Å². The smallest absolute Gasteiger partial charge is 0.229 e. The third-order valence-electron chi connectivity index (χ3n) is 5.14. The highest BCUT2D eigenvalue weighted by molar-refractivity contribution is 7.91. The Bertz CT molecular complexity index is 1190. The number of halogens is 1. The molecule has 3 rings (SSSR count). The number of anilines is 1. The Morgan fingerprint density at radius 3 is 2.44 bits per heavy atom. The van der Waals surface area contributed by atoms with E-state index >= 15 is 0 Å². The zero-order valence-electron chi connectivity index (χ0n) is 20.0. The molecule has 0 saturated heterocycles. The largest absolute Gasteiger partial charge is 0.494 e. The Hall–Kier alpha value is -2.20. The summed E-state index contributed by atoms with van der Waals surface area (Å²) in [5.41, 5.74) is 1.77. The summed E-state index contributed by atoms with van der Waals surface area (Å²) in [7, 11) is 0.411. The number of aryl methyl sites for hydroxylation is 1. The number of nitrogens with zero attached hydrogens (tertiary/aromatic N) is 3. The summed E-state index contributed by atoms with van der Waals surface area (Å²) in [5, 5.41) is 0.579. The topological polar surface area (TPSA) is 79.8 Å². The minimum absolute atomic E-state index is 0. The third-order valence-corrected chi connectivity index (χ3v) is 7.92. The van der Waals surface area contributed by atoms with Crippen LogP contribution >= 0.6 is 23.7 Å². The summed E-state index contributed by atoms with van der Waals surface area (Å²) in [6.07, 6.45) is 0.655. The highest BCUT2D eigenvalue weighted by atomic mass is 35.5. The quantitative estimate of drug-likeness (QED) is 0.365. The van der Waals surface area contributed by atoms with Gasteiger partial charge in [0.25, 0.3) is 0 Å². The van der Waals surface area contributed by atoms with Gasteiger partial charge in [-0.2, -0.15) is 0 Å². The average molecular weight is 526 g/mol. The van der Waals surface area contributed by atoms with Gasteiger partial charge in [0, 0.05) is 13.0 Å². The van der Waals surface area contributed by atoms with Gasteiger partial charge in [-0.15, -0.1) is 12.4 Å². The van der Waals surface area contributed by atoms with Crippen LogP contribution in [0.3, 0.4) is 0 Å². The fraction of sp³-hybridized carbons (Fsp3) is 0.417. The van der Waals surface area contributed by atoms with Crippen molar-refractivity contribution in [2.24, 2.45) is 0 Å². The van der Waals surface area contributed by atoms with Gasteiger partial charge in [0.2, 0.25) is 5.91 Å². The molecule has 0 aliphatic rings. The average Bonchev–Trinajstić information content (AvgIpc) is 3.18. The van der Waals surface area contributed by atoms with Crippen LogP contribution in [-0.2, 0) is 14.6 Å². The molecule has 1 aromatic heterocycles. The van der Waals surface area contributed by atoms with Gasteiger partial charge in [-0.05, 0) is 71.2 Å². The molecule has 10 heteroatoms. The Morgan fingerprint density at radius 1 is 1.09 bits per heavy atom.